The number of likely N-dealkylation sites (tertiary alicyclic amines) is 1. The molecule has 2 aromatic rings. The van der Waals surface area contributed by atoms with Crippen molar-refractivity contribution in [2.24, 2.45) is 0 Å². The Bertz CT molecular complexity index is 807. The molecule has 0 radical (unpaired) electrons. The summed E-state index contributed by atoms with van der Waals surface area (Å²) in [4.78, 5) is 24.4. The highest BCUT2D eigenvalue weighted by Gasteiger charge is 2.14. The molecule has 26 heavy (non-hydrogen) atoms. The van der Waals surface area contributed by atoms with Gasteiger partial charge in [0.1, 0.15) is 10.7 Å². The average Bonchev–Trinajstić information content (AvgIpc) is 3.31. The van der Waals surface area contributed by atoms with E-state index in [1.807, 2.05) is 18.2 Å². The Morgan fingerprint density at radius 3 is 2.62 bits per heavy atom. The first-order valence-electron chi connectivity index (χ1n) is 8.61. The molecule has 0 spiro atoms. The highest BCUT2D eigenvalue weighted by molar-refractivity contribution is 5.91. The molecule has 7 nitrogen and oxygen atoms in total. The van der Waals surface area contributed by atoms with Crippen LogP contribution in [-0.2, 0) is 17.9 Å². The quantitative estimate of drug-likeness (QED) is 0.468. The topological polar surface area (TPSA) is 88.6 Å². The maximum atomic E-state index is 12.0. The van der Waals surface area contributed by atoms with E-state index in [2.05, 4.69) is 16.3 Å². The summed E-state index contributed by atoms with van der Waals surface area (Å²) in [5.74, 6) is -0.359. The Labute approximate surface area is 151 Å². The van der Waals surface area contributed by atoms with Crippen LogP contribution in [0.25, 0.3) is 6.08 Å². The van der Waals surface area contributed by atoms with Crippen molar-refractivity contribution in [2.75, 3.05) is 13.1 Å². The summed E-state index contributed by atoms with van der Waals surface area (Å²) in [5.41, 5.74) is 2.31. The molecule has 1 amide bonds. The standard InChI is InChI=1S/C19H21N3O4/c23-18(9-7-17-8-10-19(26-17)22(24)25)20-13-15-5-1-2-6-16(15)14-21-11-3-4-12-21/h1-2,5-10H,3-4,11-14H2,(H,20,23)/b9-7+. The van der Waals surface area contributed by atoms with Gasteiger partial charge >= 0.3 is 5.88 Å². The number of amides is 1. The van der Waals surface area contributed by atoms with Crippen LogP contribution in [0.5, 0.6) is 0 Å². The van der Waals surface area contributed by atoms with Crippen molar-refractivity contribution in [3.8, 4) is 0 Å². The normalized spacial score (nSPS) is 14.8. The molecule has 1 fully saturated rings. The molecular formula is C19H21N3O4. The molecule has 2 heterocycles. The molecule has 1 saturated heterocycles. The Morgan fingerprint density at radius 2 is 1.92 bits per heavy atom. The van der Waals surface area contributed by atoms with Gasteiger partial charge in [0.05, 0.1) is 6.07 Å². The molecule has 0 saturated carbocycles. The van der Waals surface area contributed by atoms with Gasteiger partial charge < -0.3 is 9.73 Å². The first-order valence-corrected chi connectivity index (χ1v) is 8.61. The molecule has 1 aromatic heterocycles. The summed E-state index contributed by atoms with van der Waals surface area (Å²) in [5, 5.41) is 13.4. The summed E-state index contributed by atoms with van der Waals surface area (Å²) in [6.07, 6.45) is 5.22. The number of hydrogen-bond acceptors (Lipinski definition) is 5. The van der Waals surface area contributed by atoms with Crippen molar-refractivity contribution in [2.45, 2.75) is 25.9 Å². The second-order valence-corrected chi connectivity index (χ2v) is 6.24. The van der Waals surface area contributed by atoms with Crippen LogP contribution >= 0.6 is 0 Å². The highest BCUT2D eigenvalue weighted by atomic mass is 16.6. The van der Waals surface area contributed by atoms with Gasteiger partial charge in [-0.25, -0.2) is 0 Å². The molecule has 0 aliphatic carbocycles. The smallest absolute Gasteiger partial charge is 0.401 e. The molecule has 0 atom stereocenters. The van der Waals surface area contributed by atoms with Crippen LogP contribution in [0.15, 0.2) is 46.9 Å². The van der Waals surface area contributed by atoms with E-state index in [9.17, 15) is 14.9 Å². The fraction of sp³-hybridized carbons (Fsp3) is 0.316. The van der Waals surface area contributed by atoms with Gasteiger partial charge in [0.15, 0.2) is 0 Å². The van der Waals surface area contributed by atoms with E-state index in [4.69, 9.17) is 4.42 Å². The molecule has 1 aromatic carbocycles. The van der Waals surface area contributed by atoms with Crippen molar-refractivity contribution in [1.82, 2.24) is 10.2 Å². The number of hydrogen-bond donors (Lipinski definition) is 1. The molecular weight excluding hydrogens is 334 g/mol. The molecule has 0 unspecified atom stereocenters. The van der Waals surface area contributed by atoms with Crippen LogP contribution in [0.4, 0.5) is 5.88 Å². The second kappa shape index (κ2) is 8.44. The SMILES string of the molecule is O=C(/C=C/c1ccc([N+](=O)[O-])o1)NCc1ccccc1CN1CCCC1. The summed E-state index contributed by atoms with van der Waals surface area (Å²) >= 11 is 0. The van der Waals surface area contributed by atoms with Gasteiger partial charge in [0, 0.05) is 19.2 Å². The Hall–Kier alpha value is -2.93. The number of carbonyl (C=O) groups is 1. The van der Waals surface area contributed by atoms with Crippen LogP contribution < -0.4 is 5.32 Å². The minimum atomic E-state index is -0.616. The average molecular weight is 355 g/mol. The molecule has 1 aliphatic heterocycles. The highest BCUT2D eigenvalue weighted by Crippen LogP contribution is 2.17. The third-order valence-electron chi connectivity index (χ3n) is 4.36. The van der Waals surface area contributed by atoms with Gasteiger partial charge in [0.2, 0.25) is 5.91 Å². The number of nitrogens with one attached hydrogen (secondary N) is 1. The van der Waals surface area contributed by atoms with E-state index in [0.717, 1.165) is 25.2 Å². The van der Waals surface area contributed by atoms with Gasteiger partial charge in [-0.05, 0) is 49.2 Å². The number of carbonyl (C=O) groups excluding carboxylic acids is 1. The predicted molar refractivity (Wildman–Crippen MR) is 97.2 cm³/mol. The van der Waals surface area contributed by atoms with Crippen LogP contribution in [-0.4, -0.2) is 28.8 Å². The van der Waals surface area contributed by atoms with Crippen LogP contribution in [0.3, 0.4) is 0 Å². The number of benzene rings is 1. The van der Waals surface area contributed by atoms with Gasteiger partial charge in [-0.3, -0.25) is 19.8 Å². The largest absolute Gasteiger partial charge is 0.433 e. The lowest BCUT2D eigenvalue weighted by Crippen LogP contribution is -2.23. The number of rotatable bonds is 7. The van der Waals surface area contributed by atoms with E-state index >= 15 is 0 Å². The van der Waals surface area contributed by atoms with E-state index in [1.54, 1.807) is 0 Å². The van der Waals surface area contributed by atoms with Crippen molar-refractivity contribution in [3.05, 3.63) is 69.5 Å². The third-order valence-corrected chi connectivity index (χ3v) is 4.36. The molecule has 1 N–H and O–H groups in total. The zero-order chi connectivity index (χ0) is 18.4. The zero-order valence-electron chi connectivity index (χ0n) is 14.4. The monoisotopic (exact) mass is 355 g/mol. The Balaban J connectivity index is 1.55. The van der Waals surface area contributed by atoms with Gasteiger partial charge in [-0.2, -0.15) is 0 Å². The lowest BCUT2D eigenvalue weighted by molar-refractivity contribution is -0.402. The van der Waals surface area contributed by atoms with Crippen molar-refractivity contribution >= 4 is 17.9 Å². The number of nitro groups is 1. The molecule has 136 valence electrons. The summed E-state index contributed by atoms with van der Waals surface area (Å²) in [7, 11) is 0. The van der Waals surface area contributed by atoms with Gasteiger partial charge in [-0.1, -0.05) is 24.3 Å². The maximum Gasteiger partial charge on any atom is 0.433 e. The number of nitrogens with zero attached hydrogens (tertiary/aromatic N) is 2. The van der Waals surface area contributed by atoms with Crippen molar-refractivity contribution in [1.29, 1.82) is 0 Å². The van der Waals surface area contributed by atoms with Gasteiger partial charge in [-0.15, -0.1) is 0 Å². The van der Waals surface area contributed by atoms with Crippen molar-refractivity contribution in [3.63, 3.8) is 0 Å². The number of furan rings is 1. The first kappa shape index (κ1) is 17.9. The minimum Gasteiger partial charge on any atom is -0.401 e. The van der Waals surface area contributed by atoms with E-state index in [0.29, 0.717) is 6.54 Å². The predicted octanol–water partition coefficient (Wildman–Crippen LogP) is 3.11. The maximum absolute atomic E-state index is 12.0. The zero-order valence-corrected chi connectivity index (χ0v) is 14.4. The summed E-state index contributed by atoms with van der Waals surface area (Å²) < 4.78 is 4.98. The molecule has 1 aliphatic rings. The first-order chi connectivity index (χ1) is 12.6. The summed E-state index contributed by atoms with van der Waals surface area (Å²) in [6.45, 7) is 3.58. The van der Waals surface area contributed by atoms with E-state index in [1.165, 1.54) is 42.7 Å². The van der Waals surface area contributed by atoms with Gasteiger partial charge in [0.25, 0.3) is 0 Å². The fourth-order valence-electron chi connectivity index (χ4n) is 2.99. The lowest BCUT2D eigenvalue weighted by atomic mass is 10.1. The van der Waals surface area contributed by atoms with Crippen LogP contribution in [0.1, 0.15) is 29.7 Å². The van der Waals surface area contributed by atoms with E-state index in [-0.39, 0.29) is 17.6 Å². The van der Waals surface area contributed by atoms with E-state index < -0.39 is 4.92 Å². The summed E-state index contributed by atoms with van der Waals surface area (Å²) in [6, 6.07) is 10.8. The third kappa shape index (κ3) is 4.80. The van der Waals surface area contributed by atoms with Crippen molar-refractivity contribution < 1.29 is 14.1 Å². The Morgan fingerprint density at radius 1 is 1.19 bits per heavy atom. The Kier molecular flexibility index (Phi) is 5.80. The lowest BCUT2D eigenvalue weighted by Gasteiger charge is -2.17. The molecule has 7 heteroatoms. The van der Waals surface area contributed by atoms with Crippen LogP contribution in [0.2, 0.25) is 0 Å². The molecule has 3 rings (SSSR count). The minimum absolute atomic E-state index is 0.265. The van der Waals surface area contributed by atoms with Crippen LogP contribution in [0, 0.1) is 10.1 Å². The fourth-order valence-corrected chi connectivity index (χ4v) is 2.99. The molecule has 0 bridgehead atoms. The second-order valence-electron chi connectivity index (χ2n) is 6.24.